The van der Waals surface area contributed by atoms with Gasteiger partial charge in [-0.05, 0) is 183 Å². The molecular weight excluding hydrogens is 1350 g/mol. The fraction of sp³-hybridized carbons (Fsp3) is 0. The van der Waals surface area contributed by atoms with Crippen LogP contribution in [0.1, 0.15) is 0 Å². The normalized spacial score (nSPS) is 12.1. The summed E-state index contributed by atoms with van der Waals surface area (Å²) in [4.78, 5) is 5.45. The van der Waals surface area contributed by atoms with E-state index in [4.69, 9.17) is 0 Å². The minimum atomic E-state index is -0.351. The van der Waals surface area contributed by atoms with Crippen LogP contribution in [-0.2, 0) is 0 Å². The van der Waals surface area contributed by atoms with E-state index in [1.54, 1.807) is 0 Å². The standard InChI is InChI=1S/C108H72BN3/c1-8-32-73(33-9-1)80-46-26-50-85(64-80)91-56-30-57-92(86-51-27-47-81(65-86)74-34-10-2-11-35-74)107(91)111-101-69-84(77-40-16-5-17-41-77)62-63-98(101)109-105-97(79-44-20-7-21-45-79)68-89(78-42-18-6-19-43-78)70-102(105)112(104-72-90(71-103(111)106(104)109)110-99-60-24-22-54-95(99)96-55-23-25-61-100(96)110)108-93(87-52-28-48-82(66-87)75-36-12-3-13-37-75)58-31-59-94(108)88-53-29-49-83(67-88)76-38-14-4-15-39-76/h1-72H. The second-order valence-corrected chi connectivity index (χ2v) is 29.4. The SMILES string of the molecule is c1ccc(-c2cccc(-c3cccc(-c4cccc(-c5ccccc5)c4)c3N3c4cc(-c5ccccc5)ccc4B4c5c(-c6ccccc6)cc(-c6ccccc6)cc5N(c5c(-c6cccc(-c7ccccc7)c6)cccc5-c5cccc(-c6ccccc6)c5)c5cc(-n6c7ccccc7c7ccccc76)cc3c54)c2)cc1. The van der Waals surface area contributed by atoms with Crippen molar-refractivity contribution >= 4 is 79.0 Å². The van der Waals surface area contributed by atoms with Crippen molar-refractivity contribution < 1.29 is 0 Å². The van der Waals surface area contributed by atoms with E-state index in [1.165, 1.54) is 27.2 Å². The average molecular weight is 1420 g/mol. The zero-order valence-corrected chi connectivity index (χ0v) is 61.5. The van der Waals surface area contributed by atoms with Gasteiger partial charge in [-0.15, -0.1) is 0 Å². The lowest BCUT2D eigenvalue weighted by atomic mass is 9.32. The first-order chi connectivity index (χ1) is 55.6. The second kappa shape index (κ2) is 27.9. The number of hydrogen-bond acceptors (Lipinski definition) is 2. The third-order valence-corrected chi connectivity index (χ3v) is 22.9. The zero-order chi connectivity index (χ0) is 74.0. The van der Waals surface area contributed by atoms with Gasteiger partial charge in [0.25, 0.3) is 6.71 Å². The maximum Gasteiger partial charge on any atom is 0.252 e. The third-order valence-electron chi connectivity index (χ3n) is 22.9. The van der Waals surface area contributed by atoms with Crippen molar-refractivity contribution in [2.45, 2.75) is 0 Å². The first-order valence-electron chi connectivity index (χ1n) is 38.7. The summed E-state index contributed by atoms with van der Waals surface area (Å²) in [7, 11) is 0. The summed E-state index contributed by atoms with van der Waals surface area (Å²) >= 11 is 0. The molecule has 18 aromatic carbocycles. The van der Waals surface area contributed by atoms with Crippen LogP contribution in [0.4, 0.5) is 34.1 Å². The molecule has 0 unspecified atom stereocenters. The van der Waals surface area contributed by atoms with Gasteiger partial charge in [-0.2, -0.15) is 0 Å². The Morgan fingerprint density at radius 3 is 0.839 bits per heavy atom. The summed E-state index contributed by atoms with van der Waals surface area (Å²) in [5.41, 5.74) is 38.2. The van der Waals surface area contributed by atoms with E-state index in [0.717, 1.165) is 173 Å². The minimum Gasteiger partial charge on any atom is -0.310 e. The van der Waals surface area contributed by atoms with Crippen LogP contribution in [0.5, 0.6) is 0 Å². The number of rotatable bonds is 14. The van der Waals surface area contributed by atoms with Crippen molar-refractivity contribution in [1.82, 2.24) is 4.57 Å². The molecule has 112 heavy (non-hydrogen) atoms. The smallest absolute Gasteiger partial charge is 0.252 e. The Bertz CT molecular complexity index is 6520. The van der Waals surface area contributed by atoms with Crippen molar-refractivity contribution in [3.8, 4) is 128 Å². The van der Waals surface area contributed by atoms with Crippen LogP contribution in [0.2, 0.25) is 0 Å². The number of aromatic nitrogens is 1. The van der Waals surface area contributed by atoms with E-state index in [-0.39, 0.29) is 6.71 Å². The van der Waals surface area contributed by atoms with E-state index in [9.17, 15) is 0 Å². The Hall–Kier alpha value is -14.6. The van der Waals surface area contributed by atoms with Gasteiger partial charge in [-0.25, -0.2) is 0 Å². The van der Waals surface area contributed by atoms with Gasteiger partial charge in [0.1, 0.15) is 0 Å². The van der Waals surface area contributed by atoms with Gasteiger partial charge in [0.2, 0.25) is 0 Å². The maximum atomic E-state index is 2.73. The van der Waals surface area contributed by atoms with Gasteiger partial charge in [0.15, 0.2) is 0 Å². The maximum absolute atomic E-state index is 2.73. The Kier molecular flexibility index (Phi) is 16.4. The number of hydrogen-bond donors (Lipinski definition) is 0. The Labute approximate surface area is 653 Å². The highest BCUT2D eigenvalue weighted by Gasteiger charge is 2.47. The van der Waals surface area contributed by atoms with Gasteiger partial charge in [-0.3, -0.25) is 0 Å². The molecule has 0 atom stereocenters. The van der Waals surface area contributed by atoms with Crippen molar-refractivity contribution in [2.24, 2.45) is 0 Å². The van der Waals surface area contributed by atoms with Crippen LogP contribution in [0.25, 0.3) is 150 Å². The molecule has 3 nitrogen and oxygen atoms in total. The van der Waals surface area contributed by atoms with Crippen LogP contribution < -0.4 is 26.2 Å². The first kappa shape index (κ1) is 65.7. The van der Waals surface area contributed by atoms with Gasteiger partial charge < -0.3 is 14.4 Å². The van der Waals surface area contributed by atoms with Gasteiger partial charge in [0.05, 0.1) is 28.1 Å². The summed E-state index contributed by atoms with van der Waals surface area (Å²) in [5.74, 6) is 0. The fourth-order valence-electron chi connectivity index (χ4n) is 17.9. The van der Waals surface area contributed by atoms with Crippen LogP contribution >= 0.6 is 0 Å². The Morgan fingerprint density at radius 1 is 0.170 bits per heavy atom. The summed E-state index contributed by atoms with van der Waals surface area (Å²) in [5, 5.41) is 2.38. The van der Waals surface area contributed by atoms with Crippen LogP contribution in [0, 0.1) is 0 Å². The number of nitrogens with zero attached hydrogens (tertiary/aromatic N) is 3. The van der Waals surface area contributed by atoms with E-state index in [0.29, 0.717) is 0 Å². The van der Waals surface area contributed by atoms with Gasteiger partial charge in [-0.1, -0.05) is 370 Å². The van der Waals surface area contributed by atoms with E-state index in [2.05, 4.69) is 451 Å². The van der Waals surface area contributed by atoms with Crippen molar-refractivity contribution in [1.29, 1.82) is 0 Å². The monoisotopic (exact) mass is 1420 g/mol. The molecule has 0 bridgehead atoms. The van der Waals surface area contributed by atoms with Crippen LogP contribution in [-0.4, -0.2) is 11.3 Å². The largest absolute Gasteiger partial charge is 0.310 e. The molecule has 2 aliphatic heterocycles. The average Bonchev–Trinajstić information content (AvgIpc) is 0.798. The third kappa shape index (κ3) is 11.5. The number of para-hydroxylation sites is 4. The lowest BCUT2D eigenvalue weighted by Gasteiger charge is -2.46. The Morgan fingerprint density at radius 2 is 0.455 bits per heavy atom. The molecule has 4 heteroatoms. The number of fused-ring (bicyclic) bond motifs is 7. The predicted octanol–water partition coefficient (Wildman–Crippen LogP) is 27.2. The molecule has 0 saturated carbocycles. The summed E-state index contributed by atoms with van der Waals surface area (Å²) < 4.78 is 2.55. The molecular formula is C108H72BN3. The molecule has 2 aliphatic rings. The van der Waals surface area contributed by atoms with E-state index < -0.39 is 0 Å². The minimum absolute atomic E-state index is 0.351. The molecule has 0 spiro atoms. The van der Waals surface area contributed by atoms with Gasteiger partial charge in [0, 0.05) is 55.8 Å². The molecule has 522 valence electrons. The molecule has 19 aromatic rings. The highest BCUT2D eigenvalue weighted by atomic mass is 15.2. The van der Waals surface area contributed by atoms with E-state index in [1.807, 2.05) is 0 Å². The first-order valence-corrected chi connectivity index (χ1v) is 38.7. The molecule has 0 N–H and O–H groups in total. The van der Waals surface area contributed by atoms with Crippen molar-refractivity contribution in [3.05, 3.63) is 437 Å². The summed E-state index contributed by atoms with van der Waals surface area (Å²) in [6.07, 6.45) is 0. The van der Waals surface area contributed by atoms with Crippen molar-refractivity contribution in [2.75, 3.05) is 9.80 Å². The number of anilines is 6. The Balaban J connectivity index is 0.966. The van der Waals surface area contributed by atoms with Crippen LogP contribution in [0.3, 0.4) is 0 Å². The van der Waals surface area contributed by atoms with Gasteiger partial charge >= 0.3 is 0 Å². The molecule has 1 aromatic heterocycles. The predicted molar refractivity (Wildman–Crippen MR) is 475 cm³/mol. The highest BCUT2D eigenvalue weighted by Crippen LogP contribution is 2.56. The second-order valence-electron chi connectivity index (χ2n) is 29.4. The number of benzene rings is 18. The molecule has 3 heterocycles. The summed E-state index contributed by atoms with van der Waals surface area (Å²) in [6, 6.07) is 163. The molecule has 0 radical (unpaired) electrons. The molecule has 0 fully saturated rings. The van der Waals surface area contributed by atoms with Crippen LogP contribution in [0.15, 0.2) is 437 Å². The summed E-state index contributed by atoms with van der Waals surface area (Å²) in [6.45, 7) is -0.351. The fourth-order valence-corrected chi connectivity index (χ4v) is 17.9. The molecule has 0 saturated heterocycles. The van der Waals surface area contributed by atoms with Crippen molar-refractivity contribution in [3.63, 3.8) is 0 Å². The topological polar surface area (TPSA) is 11.4 Å². The lowest BCUT2D eigenvalue weighted by Crippen LogP contribution is -2.62. The molecule has 0 aliphatic carbocycles. The zero-order valence-electron chi connectivity index (χ0n) is 61.5. The van der Waals surface area contributed by atoms with E-state index >= 15 is 0 Å². The lowest BCUT2D eigenvalue weighted by molar-refractivity contribution is 1.16. The quantitative estimate of drug-likeness (QED) is 0.101. The molecule has 0 amide bonds. The highest BCUT2D eigenvalue weighted by molar-refractivity contribution is 7.01. The molecule has 21 rings (SSSR count).